The van der Waals surface area contributed by atoms with E-state index in [-0.39, 0.29) is 40.7 Å². The SMILES string of the molecule is CCc1c(N2CC3CCC(C2)N3)c(=O)n2nc(C3=CCOCC3)nc2n1CC(=O)Nc1ccc(C(F)(F)F)cc1Cl. The number of nitrogens with one attached hydrogen (secondary N) is 2. The number of benzene rings is 1. The number of piperazine rings is 1. The predicted octanol–water partition coefficient (Wildman–Crippen LogP) is 3.51. The van der Waals surface area contributed by atoms with Gasteiger partial charge in [-0.2, -0.15) is 22.7 Å². The van der Waals surface area contributed by atoms with Crippen molar-refractivity contribution in [2.24, 2.45) is 0 Å². The van der Waals surface area contributed by atoms with E-state index in [1.807, 2.05) is 13.0 Å². The molecule has 3 aliphatic rings. The topological polar surface area (TPSA) is 106 Å². The zero-order valence-electron chi connectivity index (χ0n) is 22.3. The molecule has 1 aromatic carbocycles. The van der Waals surface area contributed by atoms with Crippen LogP contribution in [0.2, 0.25) is 5.02 Å². The summed E-state index contributed by atoms with van der Waals surface area (Å²) in [6, 6.07) is 3.30. The molecule has 14 heteroatoms. The van der Waals surface area contributed by atoms with Gasteiger partial charge < -0.3 is 24.8 Å². The first-order valence-corrected chi connectivity index (χ1v) is 14.0. The van der Waals surface area contributed by atoms with Crippen LogP contribution in [0.5, 0.6) is 0 Å². The molecule has 2 unspecified atom stereocenters. The number of alkyl halides is 3. The number of carbonyl (C=O) groups excluding carboxylic acids is 1. The first-order chi connectivity index (χ1) is 19.6. The van der Waals surface area contributed by atoms with Crippen LogP contribution in [0.1, 0.15) is 43.3 Å². The van der Waals surface area contributed by atoms with E-state index >= 15 is 0 Å². The summed E-state index contributed by atoms with van der Waals surface area (Å²) in [5, 5.41) is 10.5. The maximum Gasteiger partial charge on any atom is 0.416 e. The molecule has 0 aliphatic carbocycles. The van der Waals surface area contributed by atoms with Gasteiger partial charge in [-0.05, 0) is 49.5 Å². The third-order valence-corrected chi connectivity index (χ3v) is 8.13. The second-order valence-electron chi connectivity index (χ2n) is 10.5. The molecule has 3 aromatic rings. The van der Waals surface area contributed by atoms with E-state index in [0.717, 1.165) is 36.6 Å². The van der Waals surface area contributed by atoms with Gasteiger partial charge in [0, 0.05) is 25.2 Å². The third-order valence-electron chi connectivity index (χ3n) is 7.82. The van der Waals surface area contributed by atoms with Crippen molar-refractivity contribution < 1.29 is 22.7 Å². The number of fused-ring (bicyclic) bond motifs is 3. The van der Waals surface area contributed by atoms with E-state index in [4.69, 9.17) is 16.3 Å². The molecule has 3 aliphatic heterocycles. The van der Waals surface area contributed by atoms with Crippen molar-refractivity contribution in [1.29, 1.82) is 0 Å². The summed E-state index contributed by atoms with van der Waals surface area (Å²) in [6.07, 6.45) is 0.398. The van der Waals surface area contributed by atoms with Gasteiger partial charge in [0.05, 0.1) is 35.2 Å². The molecule has 2 atom stereocenters. The number of hydrogen-bond donors (Lipinski definition) is 2. The fourth-order valence-corrected chi connectivity index (χ4v) is 6.13. The quantitative estimate of drug-likeness (QED) is 0.452. The number of hydrogen-bond acceptors (Lipinski definition) is 7. The van der Waals surface area contributed by atoms with Crippen LogP contribution >= 0.6 is 11.6 Å². The van der Waals surface area contributed by atoms with Crippen molar-refractivity contribution >= 4 is 40.2 Å². The number of amides is 1. The van der Waals surface area contributed by atoms with Crippen molar-refractivity contribution in [3.05, 3.63) is 56.7 Å². The van der Waals surface area contributed by atoms with Gasteiger partial charge in [0.15, 0.2) is 5.82 Å². The minimum atomic E-state index is -4.56. The molecule has 6 rings (SSSR count). The van der Waals surface area contributed by atoms with Crippen molar-refractivity contribution in [2.75, 3.05) is 36.5 Å². The Balaban J connectivity index is 1.41. The summed E-state index contributed by atoms with van der Waals surface area (Å²) in [5.41, 5.74) is 0.810. The molecule has 41 heavy (non-hydrogen) atoms. The molecule has 2 fully saturated rings. The Hall–Kier alpha value is -3.42. The van der Waals surface area contributed by atoms with Gasteiger partial charge in [-0.3, -0.25) is 9.59 Å². The predicted molar refractivity (Wildman–Crippen MR) is 147 cm³/mol. The summed E-state index contributed by atoms with van der Waals surface area (Å²) >= 11 is 6.09. The molecular weight excluding hydrogens is 563 g/mol. The van der Waals surface area contributed by atoms with Crippen LogP contribution in [0.15, 0.2) is 29.1 Å². The molecule has 5 heterocycles. The molecule has 2 aromatic heterocycles. The summed E-state index contributed by atoms with van der Waals surface area (Å²) in [7, 11) is 0. The van der Waals surface area contributed by atoms with Crippen LogP contribution < -0.4 is 21.1 Å². The van der Waals surface area contributed by atoms with E-state index in [9.17, 15) is 22.8 Å². The average Bonchev–Trinajstić information content (AvgIpc) is 3.54. The summed E-state index contributed by atoms with van der Waals surface area (Å²) in [6.45, 7) is 3.89. The van der Waals surface area contributed by atoms with Crippen LogP contribution in [0.3, 0.4) is 0 Å². The molecule has 218 valence electrons. The highest BCUT2D eigenvalue weighted by Crippen LogP contribution is 2.34. The number of anilines is 2. The van der Waals surface area contributed by atoms with Gasteiger partial charge in [-0.1, -0.05) is 24.6 Å². The molecule has 1 amide bonds. The Morgan fingerprint density at radius 2 is 2.00 bits per heavy atom. The normalized spacial score (nSPS) is 20.9. The second kappa shape index (κ2) is 10.8. The number of nitrogens with zero attached hydrogens (tertiary/aromatic N) is 5. The van der Waals surface area contributed by atoms with Crippen molar-refractivity contribution in [3.8, 4) is 0 Å². The van der Waals surface area contributed by atoms with Crippen molar-refractivity contribution in [3.63, 3.8) is 0 Å². The lowest BCUT2D eigenvalue weighted by Gasteiger charge is -2.35. The second-order valence-corrected chi connectivity index (χ2v) is 10.9. The van der Waals surface area contributed by atoms with Crippen LogP contribution in [0.25, 0.3) is 11.4 Å². The highest BCUT2D eigenvalue weighted by molar-refractivity contribution is 6.33. The van der Waals surface area contributed by atoms with Crippen LogP contribution in [0, 0.1) is 0 Å². The molecule has 2 saturated heterocycles. The number of rotatable bonds is 6. The van der Waals surface area contributed by atoms with Gasteiger partial charge >= 0.3 is 6.18 Å². The number of aromatic nitrogens is 4. The Morgan fingerprint density at radius 1 is 1.24 bits per heavy atom. The van der Waals surface area contributed by atoms with E-state index in [0.29, 0.717) is 56.4 Å². The average molecular weight is 592 g/mol. The smallest absolute Gasteiger partial charge is 0.377 e. The minimum Gasteiger partial charge on any atom is -0.377 e. The number of ether oxygens (including phenoxy) is 1. The fourth-order valence-electron chi connectivity index (χ4n) is 5.90. The first-order valence-electron chi connectivity index (χ1n) is 13.6. The van der Waals surface area contributed by atoms with Gasteiger partial charge in [0.25, 0.3) is 5.56 Å². The molecule has 0 spiro atoms. The largest absolute Gasteiger partial charge is 0.416 e. The number of halogens is 4. The molecule has 0 radical (unpaired) electrons. The van der Waals surface area contributed by atoms with Crippen molar-refractivity contribution in [2.45, 2.75) is 57.4 Å². The highest BCUT2D eigenvalue weighted by Gasteiger charge is 2.36. The van der Waals surface area contributed by atoms with Crippen molar-refractivity contribution in [1.82, 2.24) is 24.5 Å². The summed E-state index contributed by atoms with van der Waals surface area (Å²) < 4.78 is 47.6. The summed E-state index contributed by atoms with van der Waals surface area (Å²) in [4.78, 5) is 34.0. The first kappa shape index (κ1) is 27.7. The molecule has 2 N–H and O–H groups in total. The van der Waals surface area contributed by atoms with E-state index in [1.54, 1.807) is 4.57 Å². The van der Waals surface area contributed by atoms with Gasteiger partial charge in [0.2, 0.25) is 11.7 Å². The van der Waals surface area contributed by atoms with E-state index in [2.05, 4.69) is 25.6 Å². The maximum absolute atomic E-state index is 14.0. The molecular formula is C27H29ClF3N7O3. The van der Waals surface area contributed by atoms with Crippen LogP contribution in [-0.4, -0.2) is 63.5 Å². The zero-order chi connectivity index (χ0) is 28.9. The Bertz CT molecular complexity index is 1590. The Labute approximate surface area is 238 Å². The Kier molecular flexibility index (Phi) is 7.28. The van der Waals surface area contributed by atoms with E-state index in [1.165, 1.54) is 4.52 Å². The van der Waals surface area contributed by atoms with Gasteiger partial charge in [0.1, 0.15) is 12.2 Å². The summed E-state index contributed by atoms with van der Waals surface area (Å²) in [5.74, 6) is 0.0720. The van der Waals surface area contributed by atoms with Crippen LogP contribution in [0.4, 0.5) is 24.5 Å². The van der Waals surface area contributed by atoms with Gasteiger partial charge in [-0.15, -0.1) is 5.10 Å². The monoisotopic (exact) mass is 591 g/mol. The molecule has 0 saturated carbocycles. The zero-order valence-corrected chi connectivity index (χ0v) is 23.1. The van der Waals surface area contributed by atoms with Gasteiger partial charge in [-0.25, -0.2) is 0 Å². The Morgan fingerprint density at radius 3 is 2.63 bits per heavy atom. The lowest BCUT2D eigenvalue weighted by atomic mass is 10.1. The number of carbonyl (C=O) groups is 1. The highest BCUT2D eigenvalue weighted by atomic mass is 35.5. The lowest BCUT2D eigenvalue weighted by Crippen LogP contribution is -2.53. The molecule has 2 bridgehead atoms. The van der Waals surface area contributed by atoms with Crippen LogP contribution in [-0.2, 0) is 28.7 Å². The van der Waals surface area contributed by atoms with E-state index < -0.39 is 17.6 Å². The minimum absolute atomic E-state index is 0.0493. The fraction of sp³-hybridized carbons (Fsp3) is 0.481. The third kappa shape index (κ3) is 5.33. The lowest BCUT2D eigenvalue weighted by molar-refractivity contribution is -0.137. The molecule has 10 nitrogen and oxygen atoms in total. The maximum atomic E-state index is 14.0. The standard InChI is InChI=1S/C27H29ClF3N7O3/c1-2-21-23(36-12-17-4-5-18(13-36)32-17)25(40)38-26(34-24(35-38)15-7-9-41-10-8-15)37(21)14-22(39)33-20-6-3-16(11-19(20)28)27(29,30)31/h3,6-7,11,17-18,32H,2,4-5,8-10,12-14H2,1H3,(H,33,39).